The molecule has 0 spiro atoms. The number of fused-ring (bicyclic) bond motifs is 1. The third-order valence-corrected chi connectivity index (χ3v) is 4.46. The Balaban J connectivity index is 1.85. The summed E-state index contributed by atoms with van der Waals surface area (Å²) in [6.07, 6.45) is 2.50. The SMILES string of the molecule is CCC(C)c1ccc(C(=O)Cn2cnc3ccccc3c2=O)cc1. The average Bonchev–Trinajstić information content (AvgIpc) is 2.63. The van der Waals surface area contributed by atoms with Crippen molar-refractivity contribution in [3.63, 3.8) is 0 Å². The van der Waals surface area contributed by atoms with Crippen molar-refractivity contribution in [1.82, 2.24) is 9.55 Å². The number of nitrogens with zero attached hydrogens (tertiary/aromatic N) is 2. The van der Waals surface area contributed by atoms with Crippen LogP contribution >= 0.6 is 0 Å². The van der Waals surface area contributed by atoms with Crippen LogP contribution < -0.4 is 5.56 Å². The van der Waals surface area contributed by atoms with Gasteiger partial charge in [-0.05, 0) is 30.0 Å². The van der Waals surface area contributed by atoms with Crippen molar-refractivity contribution in [1.29, 1.82) is 0 Å². The van der Waals surface area contributed by atoms with Gasteiger partial charge in [-0.3, -0.25) is 14.2 Å². The molecule has 3 rings (SSSR count). The predicted octanol–water partition coefficient (Wildman–Crippen LogP) is 3.79. The highest BCUT2D eigenvalue weighted by molar-refractivity contribution is 5.96. The standard InChI is InChI=1S/C20H20N2O2/c1-3-14(2)15-8-10-16(11-9-15)19(23)12-22-13-21-18-7-5-4-6-17(18)20(22)24/h4-11,13-14H,3,12H2,1-2H3. The van der Waals surface area contributed by atoms with Crippen molar-refractivity contribution < 1.29 is 4.79 Å². The van der Waals surface area contributed by atoms with E-state index in [0.29, 0.717) is 22.4 Å². The molecule has 0 saturated heterocycles. The van der Waals surface area contributed by atoms with E-state index in [1.54, 1.807) is 18.2 Å². The van der Waals surface area contributed by atoms with Crippen molar-refractivity contribution in [2.24, 2.45) is 0 Å². The molecule has 1 heterocycles. The van der Waals surface area contributed by atoms with E-state index < -0.39 is 0 Å². The molecule has 1 unspecified atom stereocenters. The van der Waals surface area contributed by atoms with Crippen molar-refractivity contribution in [2.75, 3.05) is 0 Å². The Labute approximate surface area is 140 Å². The minimum absolute atomic E-state index is 0.000649. The van der Waals surface area contributed by atoms with Gasteiger partial charge < -0.3 is 0 Å². The zero-order valence-electron chi connectivity index (χ0n) is 13.9. The molecule has 0 saturated carbocycles. The fraction of sp³-hybridized carbons (Fsp3) is 0.250. The maximum atomic E-state index is 12.5. The van der Waals surface area contributed by atoms with E-state index in [1.807, 2.05) is 30.3 Å². The maximum Gasteiger partial charge on any atom is 0.261 e. The largest absolute Gasteiger partial charge is 0.292 e. The Morgan fingerprint density at radius 2 is 1.83 bits per heavy atom. The highest BCUT2D eigenvalue weighted by Gasteiger charge is 2.11. The van der Waals surface area contributed by atoms with Crippen LogP contribution in [-0.2, 0) is 6.54 Å². The molecule has 0 aliphatic carbocycles. The molecule has 2 aromatic carbocycles. The summed E-state index contributed by atoms with van der Waals surface area (Å²) in [4.78, 5) is 29.2. The average molecular weight is 320 g/mol. The smallest absolute Gasteiger partial charge is 0.261 e. The normalized spacial score (nSPS) is 12.2. The number of hydrogen-bond acceptors (Lipinski definition) is 3. The van der Waals surface area contributed by atoms with Crippen molar-refractivity contribution >= 4 is 16.7 Å². The summed E-state index contributed by atoms with van der Waals surface area (Å²) >= 11 is 0. The van der Waals surface area contributed by atoms with Gasteiger partial charge in [-0.1, -0.05) is 50.2 Å². The molecule has 0 radical (unpaired) electrons. The fourth-order valence-electron chi connectivity index (χ4n) is 2.70. The first-order chi connectivity index (χ1) is 11.6. The van der Waals surface area contributed by atoms with Crippen LogP contribution in [0.5, 0.6) is 0 Å². The highest BCUT2D eigenvalue weighted by atomic mass is 16.1. The fourth-order valence-corrected chi connectivity index (χ4v) is 2.70. The maximum absolute atomic E-state index is 12.5. The zero-order chi connectivity index (χ0) is 17.1. The van der Waals surface area contributed by atoms with Gasteiger partial charge in [0, 0.05) is 5.56 Å². The second kappa shape index (κ2) is 6.79. The lowest BCUT2D eigenvalue weighted by atomic mass is 9.97. The monoisotopic (exact) mass is 320 g/mol. The van der Waals surface area contributed by atoms with Crippen LogP contribution in [0.15, 0.2) is 59.7 Å². The van der Waals surface area contributed by atoms with E-state index in [4.69, 9.17) is 0 Å². The molecular weight excluding hydrogens is 300 g/mol. The molecule has 0 amide bonds. The summed E-state index contributed by atoms with van der Waals surface area (Å²) in [5.41, 5.74) is 2.29. The van der Waals surface area contributed by atoms with Gasteiger partial charge in [0.2, 0.25) is 0 Å². The Morgan fingerprint density at radius 1 is 1.12 bits per heavy atom. The van der Waals surface area contributed by atoms with Crippen LogP contribution in [0.1, 0.15) is 42.1 Å². The summed E-state index contributed by atoms with van der Waals surface area (Å²) in [5.74, 6) is 0.381. The highest BCUT2D eigenvalue weighted by Crippen LogP contribution is 2.19. The number of Topliss-reactive ketones (excluding diaryl/α,β-unsaturated/α-hetero) is 1. The molecule has 0 bridgehead atoms. The third kappa shape index (κ3) is 3.13. The minimum Gasteiger partial charge on any atom is -0.292 e. The lowest BCUT2D eigenvalue weighted by Crippen LogP contribution is -2.24. The van der Waals surface area contributed by atoms with Gasteiger partial charge in [0.15, 0.2) is 5.78 Å². The number of rotatable bonds is 5. The second-order valence-electron chi connectivity index (χ2n) is 6.05. The van der Waals surface area contributed by atoms with E-state index in [0.717, 1.165) is 6.42 Å². The number of hydrogen-bond donors (Lipinski definition) is 0. The Bertz CT molecular complexity index is 926. The van der Waals surface area contributed by atoms with Crippen LogP contribution in [-0.4, -0.2) is 15.3 Å². The zero-order valence-corrected chi connectivity index (χ0v) is 13.9. The topological polar surface area (TPSA) is 52.0 Å². The molecule has 24 heavy (non-hydrogen) atoms. The molecule has 0 fully saturated rings. The van der Waals surface area contributed by atoms with Gasteiger partial charge in [-0.25, -0.2) is 4.98 Å². The van der Waals surface area contributed by atoms with E-state index in [2.05, 4.69) is 18.8 Å². The Morgan fingerprint density at radius 3 is 2.54 bits per heavy atom. The molecule has 4 heteroatoms. The first kappa shape index (κ1) is 16.1. The third-order valence-electron chi connectivity index (χ3n) is 4.46. The molecule has 0 N–H and O–H groups in total. The van der Waals surface area contributed by atoms with Gasteiger partial charge in [0.05, 0.1) is 23.8 Å². The molecule has 122 valence electrons. The van der Waals surface area contributed by atoms with Gasteiger partial charge in [-0.15, -0.1) is 0 Å². The van der Waals surface area contributed by atoms with Gasteiger partial charge in [-0.2, -0.15) is 0 Å². The van der Waals surface area contributed by atoms with E-state index in [9.17, 15) is 9.59 Å². The number of aromatic nitrogens is 2. The molecule has 4 nitrogen and oxygen atoms in total. The summed E-state index contributed by atoms with van der Waals surface area (Å²) < 4.78 is 1.37. The molecule has 3 aromatic rings. The first-order valence-electron chi connectivity index (χ1n) is 8.17. The molecule has 0 aliphatic heterocycles. The first-order valence-corrected chi connectivity index (χ1v) is 8.17. The van der Waals surface area contributed by atoms with Gasteiger partial charge in [0.1, 0.15) is 0 Å². The van der Waals surface area contributed by atoms with Crippen LogP contribution in [0.2, 0.25) is 0 Å². The number of para-hydroxylation sites is 1. The Hall–Kier alpha value is -2.75. The Kier molecular flexibility index (Phi) is 4.56. The van der Waals surface area contributed by atoms with E-state index in [1.165, 1.54) is 16.5 Å². The number of ketones is 1. The van der Waals surface area contributed by atoms with Crippen LogP contribution in [0.4, 0.5) is 0 Å². The molecule has 1 atom stereocenters. The quantitative estimate of drug-likeness (QED) is 0.672. The van der Waals surface area contributed by atoms with E-state index in [-0.39, 0.29) is 17.9 Å². The van der Waals surface area contributed by atoms with Crippen molar-refractivity contribution in [2.45, 2.75) is 32.7 Å². The number of benzene rings is 2. The summed E-state index contributed by atoms with van der Waals surface area (Å²) in [6, 6.07) is 14.8. The molecule has 1 aromatic heterocycles. The lowest BCUT2D eigenvalue weighted by molar-refractivity contribution is 0.0970. The number of carbonyl (C=O) groups excluding carboxylic acids is 1. The van der Waals surface area contributed by atoms with Crippen LogP contribution in [0.3, 0.4) is 0 Å². The summed E-state index contributed by atoms with van der Waals surface area (Å²) in [7, 11) is 0. The van der Waals surface area contributed by atoms with Crippen molar-refractivity contribution in [3.8, 4) is 0 Å². The van der Waals surface area contributed by atoms with Crippen LogP contribution in [0, 0.1) is 0 Å². The molecular formula is C20H20N2O2. The summed E-state index contributed by atoms with van der Waals surface area (Å²) in [6.45, 7) is 4.30. The lowest BCUT2D eigenvalue weighted by Gasteiger charge is -2.10. The van der Waals surface area contributed by atoms with Crippen LogP contribution in [0.25, 0.3) is 10.9 Å². The van der Waals surface area contributed by atoms with Gasteiger partial charge >= 0.3 is 0 Å². The predicted molar refractivity (Wildman–Crippen MR) is 95.5 cm³/mol. The van der Waals surface area contributed by atoms with Gasteiger partial charge in [0.25, 0.3) is 5.56 Å². The minimum atomic E-state index is -0.190. The van der Waals surface area contributed by atoms with Crippen molar-refractivity contribution in [3.05, 3.63) is 76.3 Å². The second-order valence-corrected chi connectivity index (χ2v) is 6.05. The van der Waals surface area contributed by atoms with E-state index >= 15 is 0 Å². The summed E-state index contributed by atoms with van der Waals surface area (Å²) in [5, 5.41) is 0.528. The number of carbonyl (C=O) groups is 1. The molecule has 0 aliphatic rings.